The van der Waals surface area contributed by atoms with Gasteiger partial charge in [-0.3, -0.25) is 4.90 Å². The van der Waals surface area contributed by atoms with Crippen molar-refractivity contribution in [1.29, 1.82) is 0 Å². The van der Waals surface area contributed by atoms with Crippen LogP contribution in [0.25, 0.3) is 0 Å². The average molecular weight is 520 g/mol. The normalized spacial score (nSPS) is 13.4. The number of methoxy groups -OCH3 is 1. The topological polar surface area (TPSA) is 71.5 Å². The quantitative estimate of drug-likeness (QED) is 0.221. The van der Waals surface area contributed by atoms with Gasteiger partial charge in [0.15, 0.2) is 5.94 Å². The second-order valence-corrected chi connectivity index (χ2v) is 8.81. The Morgan fingerprint density at radius 1 is 0.974 bits per heavy atom. The van der Waals surface area contributed by atoms with Gasteiger partial charge in [0, 0.05) is 32.7 Å². The number of nitrogens with zero attached hydrogens (tertiary/aromatic N) is 3. The van der Waals surface area contributed by atoms with Gasteiger partial charge < -0.3 is 19.2 Å². The first-order valence-corrected chi connectivity index (χ1v) is 12.3. The minimum absolute atomic E-state index is 0.0489. The van der Waals surface area contributed by atoms with E-state index < -0.39 is 6.09 Å². The summed E-state index contributed by atoms with van der Waals surface area (Å²) in [5.74, 6) is 2.00. The molecule has 0 saturated carbocycles. The Morgan fingerprint density at radius 2 is 1.68 bits per heavy atom. The summed E-state index contributed by atoms with van der Waals surface area (Å²) in [6, 6.07) is 21.5. The molecule has 8 nitrogen and oxygen atoms in total. The summed E-state index contributed by atoms with van der Waals surface area (Å²) in [4.78, 5) is 33.2. The lowest BCUT2D eigenvalue weighted by Crippen LogP contribution is -2.46. The van der Waals surface area contributed by atoms with Crippen molar-refractivity contribution in [2.24, 2.45) is 0 Å². The molecule has 4 rings (SSSR count). The van der Waals surface area contributed by atoms with E-state index in [1.54, 1.807) is 7.11 Å². The van der Waals surface area contributed by atoms with Crippen molar-refractivity contribution in [3.05, 3.63) is 102 Å². The Bertz CT molecular complexity index is 1240. The Labute approximate surface area is 221 Å². The van der Waals surface area contributed by atoms with Gasteiger partial charge in [0.05, 0.1) is 19.3 Å². The highest BCUT2D eigenvalue weighted by Crippen LogP contribution is 2.31. The fourth-order valence-electron chi connectivity index (χ4n) is 4.26. The number of hydrogen-bond acceptors (Lipinski definition) is 7. The molecule has 0 atom stereocenters. The molecule has 1 heterocycles. The SMILES string of the molecule is COc1ccc(CN(OC=C=O)C(=O)OCc2ccccc2)cc1N1CCN(Cc2ccc(F)cc2)CC1. The second-order valence-electron chi connectivity index (χ2n) is 8.81. The van der Waals surface area contributed by atoms with Crippen LogP contribution >= 0.6 is 0 Å². The molecule has 0 bridgehead atoms. The van der Waals surface area contributed by atoms with Crippen molar-refractivity contribution < 1.29 is 28.3 Å². The van der Waals surface area contributed by atoms with E-state index in [1.165, 1.54) is 18.1 Å². The van der Waals surface area contributed by atoms with Crippen LogP contribution in [0.5, 0.6) is 5.75 Å². The predicted octanol–water partition coefficient (Wildman–Crippen LogP) is 4.57. The van der Waals surface area contributed by atoms with Gasteiger partial charge in [-0.15, -0.1) is 5.06 Å². The maximum Gasteiger partial charge on any atom is 0.443 e. The molecule has 0 N–H and O–H groups in total. The molecule has 9 heteroatoms. The molecule has 0 spiro atoms. The highest BCUT2D eigenvalue weighted by molar-refractivity contribution is 5.67. The van der Waals surface area contributed by atoms with E-state index in [4.69, 9.17) is 14.3 Å². The van der Waals surface area contributed by atoms with Crippen molar-refractivity contribution in [1.82, 2.24) is 9.96 Å². The number of halogens is 1. The Morgan fingerprint density at radius 3 is 2.37 bits per heavy atom. The molecule has 0 radical (unpaired) electrons. The molecule has 0 aliphatic carbocycles. The average Bonchev–Trinajstić information content (AvgIpc) is 2.96. The number of hydrogen-bond donors (Lipinski definition) is 0. The number of benzene rings is 3. The number of ether oxygens (including phenoxy) is 2. The molecule has 1 aliphatic rings. The van der Waals surface area contributed by atoms with Gasteiger partial charge >= 0.3 is 6.09 Å². The molecule has 198 valence electrons. The van der Waals surface area contributed by atoms with Crippen molar-refractivity contribution in [3.8, 4) is 5.75 Å². The summed E-state index contributed by atoms with van der Waals surface area (Å²) >= 11 is 0. The molecule has 3 aromatic carbocycles. The summed E-state index contributed by atoms with van der Waals surface area (Å²) in [5, 5.41) is 0.972. The summed E-state index contributed by atoms with van der Waals surface area (Å²) in [5.41, 5.74) is 3.57. The molecular formula is C29H30FN3O5. The molecule has 1 saturated heterocycles. The van der Waals surface area contributed by atoms with Crippen LogP contribution in [0.2, 0.25) is 0 Å². The fraction of sp³-hybridized carbons (Fsp3) is 0.276. The number of anilines is 1. The molecule has 38 heavy (non-hydrogen) atoms. The first-order chi connectivity index (χ1) is 18.6. The largest absolute Gasteiger partial charge is 0.495 e. The number of amides is 1. The third kappa shape index (κ3) is 7.35. The van der Waals surface area contributed by atoms with Crippen molar-refractivity contribution in [3.63, 3.8) is 0 Å². The molecule has 1 fully saturated rings. The van der Waals surface area contributed by atoms with Crippen LogP contribution < -0.4 is 9.64 Å². The monoisotopic (exact) mass is 519 g/mol. The van der Waals surface area contributed by atoms with E-state index in [0.29, 0.717) is 5.75 Å². The van der Waals surface area contributed by atoms with E-state index in [2.05, 4.69) is 9.80 Å². The molecule has 0 unspecified atom stereocenters. The number of carbonyl (C=O) groups excluding carboxylic acids is 2. The van der Waals surface area contributed by atoms with Gasteiger partial charge in [0.2, 0.25) is 6.26 Å². The lowest BCUT2D eigenvalue weighted by molar-refractivity contribution is -0.0922. The van der Waals surface area contributed by atoms with Gasteiger partial charge in [0.25, 0.3) is 0 Å². The Kier molecular flexibility index (Phi) is 9.34. The van der Waals surface area contributed by atoms with Crippen molar-refractivity contribution >= 4 is 17.7 Å². The maximum absolute atomic E-state index is 13.2. The molecule has 3 aromatic rings. The molecular weight excluding hydrogens is 489 g/mol. The third-order valence-electron chi connectivity index (χ3n) is 6.24. The maximum atomic E-state index is 13.2. The van der Waals surface area contributed by atoms with Crippen LogP contribution in [0.15, 0.2) is 79.1 Å². The lowest BCUT2D eigenvalue weighted by atomic mass is 10.1. The minimum Gasteiger partial charge on any atom is -0.495 e. The van der Waals surface area contributed by atoms with E-state index >= 15 is 0 Å². The zero-order chi connectivity index (χ0) is 26.7. The smallest absolute Gasteiger partial charge is 0.443 e. The summed E-state index contributed by atoms with van der Waals surface area (Å²) in [7, 11) is 1.62. The summed E-state index contributed by atoms with van der Waals surface area (Å²) < 4.78 is 24.2. The van der Waals surface area contributed by atoms with E-state index in [1.807, 2.05) is 60.7 Å². The summed E-state index contributed by atoms with van der Waals surface area (Å²) in [6.07, 6.45) is 0.0429. The number of rotatable bonds is 10. The zero-order valence-electron chi connectivity index (χ0n) is 21.2. The van der Waals surface area contributed by atoms with Crippen LogP contribution in [0.3, 0.4) is 0 Å². The second kappa shape index (κ2) is 13.3. The van der Waals surface area contributed by atoms with Gasteiger partial charge in [0.1, 0.15) is 18.2 Å². The minimum atomic E-state index is -0.730. The van der Waals surface area contributed by atoms with Crippen LogP contribution in [-0.4, -0.2) is 55.3 Å². The molecule has 1 aliphatic heterocycles. The Balaban J connectivity index is 1.41. The van der Waals surface area contributed by atoms with E-state index in [9.17, 15) is 14.0 Å². The summed E-state index contributed by atoms with van der Waals surface area (Å²) in [6.45, 7) is 4.08. The van der Waals surface area contributed by atoms with Gasteiger partial charge in [-0.2, -0.15) is 0 Å². The van der Waals surface area contributed by atoms with Crippen LogP contribution in [-0.2, 0) is 34.1 Å². The first kappa shape index (κ1) is 26.7. The predicted molar refractivity (Wildman–Crippen MR) is 140 cm³/mol. The van der Waals surface area contributed by atoms with E-state index in [0.717, 1.165) is 66.4 Å². The van der Waals surface area contributed by atoms with Gasteiger partial charge in [-0.05, 0) is 41.0 Å². The lowest BCUT2D eigenvalue weighted by Gasteiger charge is -2.37. The van der Waals surface area contributed by atoms with Gasteiger partial charge in [-0.1, -0.05) is 48.5 Å². The van der Waals surface area contributed by atoms with Crippen LogP contribution in [0.1, 0.15) is 16.7 Å². The number of piperazine rings is 1. The molecule has 0 aromatic heterocycles. The van der Waals surface area contributed by atoms with Crippen LogP contribution in [0, 0.1) is 5.82 Å². The van der Waals surface area contributed by atoms with Gasteiger partial charge in [-0.25, -0.2) is 14.0 Å². The first-order valence-electron chi connectivity index (χ1n) is 12.3. The third-order valence-corrected chi connectivity index (χ3v) is 6.24. The highest BCUT2D eigenvalue weighted by Gasteiger charge is 2.22. The van der Waals surface area contributed by atoms with Crippen molar-refractivity contribution in [2.75, 3.05) is 38.2 Å². The van der Waals surface area contributed by atoms with E-state index in [-0.39, 0.29) is 19.0 Å². The number of hydroxylamine groups is 2. The highest BCUT2D eigenvalue weighted by atomic mass is 19.1. The standard InChI is InChI=1S/C29H30FN3O5/c1-36-28-12-9-25(21-33(38-18-17-34)29(35)37-22-24-5-3-2-4-6-24)19-27(28)32-15-13-31(14-16-32)20-23-7-10-26(30)11-8-23/h2-12,18-19H,13-16,20-22H2,1H3. The molecule has 1 amide bonds. The zero-order valence-corrected chi connectivity index (χ0v) is 21.2. The van der Waals surface area contributed by atoms with Crippen LogP contribution in [0.4, 0.5) is 14.9 Å². The fourth-order valence-corrected chi connectivity index (χ4v) is 4.26. The number of carbonyl (C=O) groups is 1. The van der Waals surface area contributed by atoms with Crippen molar-refractivity contribution in [2.45, 2.75) is 19.7 Å². The Hall–Kier alpha value is -4.33.